The van der Waals surface area contributed by atoms with Crippen molar-refractivity contribution in [3.8, 4) is 11.4 Å². The number of amides is 1. The van der Waals surface area contributed by atoms with Gasteiger partial charge < -0.3 is 15.2 Å². The largest absolute Gasteiger partial charge is 0.497 e. The smallest absolute Gasteiger partial charge is 0.326 e. The third-order valence-electron chi connectivity index (χ3n) is 3.45. The average molecular weight is 353 g/mol. The Morgan fingerprint density at radius 1 is 1.32 bits per heavy atom. The minimum absolute atomic E-state index is 0.0613. The fourth-order valence-electron chi connectivity index (χ4n) is 2.20. The van der Waals surface area contributed by atoms with E-state index in [1.54, 1.807) is 31.2 Å². The number of nitrogens with one attached hydrogen (secondary N) is 1. The second-order valence-corrected chi connectivity index (χ2v) is 5.27. The lowest BCUT2D eigenvalue weighted by Crippen LogP contribution is -2.42. The van der Waals surface area contributed by atoms with Gasteiger partial charge in [0.15, 0.2) is 5.69 Å². The number of halogens is 2. The Morgan fingerprint density at radius 2 is 1.96 bits per heavy atom. The van der Waals surface area contributed by atoms with Crippen molar-refractivity contribution in [2.24, 2.45) is 0 Å². The maximum Gasteiger partial charge on any atom is 0.326 e. The molecule has 0 aliphatic heterocycles. The number of nitrogens with zero attached hydrogens (tertiary/aromatic N) is 2. The molecule has 0 fully saturated rings. The molecule has 9 heteroatoms. The topological polar surface area (TPSA) is 93.5 Å². The molecule has 0 saturated carbocycles. The van der Waals surface area contributed by atoms with E-state index >= 15 is 0 Å². The van der Waals surface area contributed by atoms with Gasteiger partial charge in [-0.15, -0.1) is 0 Å². The van der Waals surface area contributed by atoms with Gasteiger partial charge in [0, 0.05) is 12.1 Å². The van der Waals surface area contributed by atoms with E-state index in [4.69, 9.17) is 9.84 Å². The minimum Gasteiger partial charge on any atom is -0.497 e. The highest BCUT2D eigenvalue weighted by Crippen LogP contribution is 2.17. The van der Waals surface area contributed by atoms with Crippen molar-refractivity contribution in [1.82, 2.24) is 15.1 Å². The summed E-state index contributed by atoms with van der Waals surface area (Å²) >= 11 is 0. The summed E-state index contributed by atoms with van der Waals surface area (Å²) in [6.45, 7) is 1.71. The van der Waals surface area contributed by atoms with Crippen LogP contribution < -0.4 is 10.1 Å². The van der Waals surface area contributed by atoms with Crippen LogP contribution in [0.15, 0.2) is 30.3 Å². The van der Waals surface area contributed by atoms with Crippen molar-refractivity contribution in [3.63, 3.8) is 0 Å². The van der Waals surface area contributed by atoms with Gasteiger partial charge in [-0.25, -0.2) is 18.3 Å². The number of aliphatic carboxylic acids is 1. The average Bonchev–Trinajstić information content (AvgIpc) is 2.95. The Labute approximate surface area is 142 Å². The summed E-state index contributed by atoms with van der Waals surface area (Å²) in [5.41, 5.74) is 1.23. The summed E-state index contributed by atoms with van der Waals surface area (Å²) < 4.78 is 31.4. The summed E-state index contributed by atoms with van der Waals surface area (Å²) in [6, 6.07) is 6.67. The number of carboxylic acid groups (broad SMARTS) is 1. The van der Waals surface area contributed by atoms with E-state index in [2.05, 4.69) is 10.4 Å². The van der Waals surface area contributed by atoms with Crippen LogP contribution in [0.25, 0.3) is 5.69 Å². The first-order valence-corrected chi connectivity index (χ1v) is 7.34. The maximum absolute atomic E-state index is 12.4. The molecule has 1 unspecified atom stereocenters. The standard InChI is InChI=1S/C16H17F2N3O4/c1-9-7-12(15(22)19-13(16(23)24)8-14(17)18)20-21(9)10-3-5-11(25-2)6-4-10/h3-7,13-14H,8H2,1-2H3,(H,19,22)(H,23,24). The highest BCUT2D eigenvalue weighted by atomic mass is 19.3. The van der Waals surface area contributed by atoms with Crippen molar-refractivity contribution >= 4 is 11.9 Å². The van der Waals surface area contributed by atoms with Crippen molar-refractivity contribution in [2.75, 3.05) is 7.11 Å². The zero-order chi connectivity index (χ0) is 18.6. The number of ether oxygens (including phenoxy) is 1. The molecule has 2 rings (SSSR count). The number of hydrogen-bond acceptors (Lipinski definition) is 4. The lowest BCUT2D eigenvalue weighted by atomic mass is 10.2. The Kier molecular flexibility index (Phi) is 5.68. The molecule has 0 aliphatic carbocycles. The number of carbonyl (C=O) groups is 2. The van der Waals surface area contributed by atoms with Crippen LogP contribution in [0.1, 0.15) is 22.6 Å². The van der Waals surface area contributed by atoms with Gasteiger partial charge in [0.05, 0.1) is 12.8 Å². The number of benzene rings is 1. The summed E-state index contributed by atoms with van der Waals surface area (Å²) in [4.78, 5) is 23.1. The molecule has 2 aromatic rings. The van der Waals surface area contributed by atoms with Gasteiger partial charge in [-0.05, 0) is 37.3 Å². The quantitative estimate of drug-likeness (QED) is 0.794. The fourth-order valence-corrected chi connectivity index (χ4v) is 2.20. The number of alkyl halides is 2. The second kappa shape index (κ2) is 7.73. The van der Waals surface area contributed by atoms with Crippen LogP contribution in [0.5, 0.6) is 5.75 Å². The summed E-state index contributed by atoms with van der Waals surface area (Å²) in [5, 5.41) is 15.1. The molecule has 0 spiro atoms. The lowest BCUT2D eigenvalue weighted by Gasteiger charge is -2.12. The summed E-state index contributed by atoms with van der Waals surface area (Å²) in [6.07, 6.45) is -3.82. The first-order chi connectivity index (χ1) is 11.8. The third-order valence-corrected chi connectivity index (χ3v) is 3.45. The third kappa shape index (κ3) is 4.52. The zero-order valence-electron chi connectivity index (χ0n) is 13.6. The normalized spacial score (nSPS) is 12.0. The monoisotopic (exact) mass is 353 g/mol. The Morgan fingerprint density at radius 3 is 2.48 bits per heavy atom. The molecule has 7 nitrogen and oxygen atoms in total. The first kappa shape index (κ1) is 18.4. The SMILES string of the molecule is COc1ccc(-n2nc(C(=O)NC(CC(F)F)C(=O)O)cc2C)cc1. The molecule has 1 heterocycles. The Bertz CT molecular complexity index is 759. The maximum atomic E-state index is 12.4. The predicted octanol–water partition coefficient (Wildman–Crippen LogP) is 2.03. The van der Waals surface area contributed by atoms with Crippen molar-refractivity contribution < 1.29 is 28.2 Å². The van der Waals surface area contributed by atoms with Gasteiger partial charge in [-0.1, -0.05) is 0 Å². The van der Waals surface area contributed by atoms with Crippen LogP contribution in [0.2, 0.25) is 0 Å². The molecule has 1 atom stereocenters. The fraction of sp³-hybridized carbons (Fsp3) is 0.312. The second-order valence-electron chi connectivity index (χ2n) is 5.27. The van der Waals surface area contributed by atoms with Gasteiger partial charge in [0.2, 0.25) is 6.43 Å². The van der Waals surface area contributed by atoms with Crippen LogP contribution in [0.3, 0.4) is 0 Å². The molecule has 2 N–H and O–H groups in total. The van der Waals surface area contributed by atoms with E-state index in [9.17, 15) is 18.4 Å². The van der Waals surface area contributed by atoms with Gasteiger partial charge >= 0.3 is 5.97 Å². The van der Waals surface area contributed by atoms with Gasteiger partial charge in [-0.3, -0.25) is 4.79 Å². The molecule has 0 bridgehead atoms. The molecule has 0 radical (unpaired) electrons. The molecule has 1 aromatic heterocycles. The first-order valence-electron chi connectivity index (χ1n) is 7.34. The van der Waals surface area contributed by atoms with Crippen LogP contribution in [0.4, 0.5) is 8.78 Å². The van der Waals surface area contributed by atoms with E-state index in [0.717, 1.165) is 0 Å². The molecule has 0 aliphatic rings. The number of rotatable bonds is 7. The molecule has 1 amide bonds. The van der Waals surface area contributed by atoms with Crippen LogP contribution in [0, 0.1) is 6.92 Å². The predicted molar refractivity (Wildman–Crippen MR) is 84.4 cm³/mol. The molecular formula is C16H17F2N3O4. The number of aromatic nitrogens is 2. The number of carboxylic acids is 1. The molecule has 1 aromatic carbocycles. The number of hydrogen-bond donors (Lipinski definition) is 2. The highest BCUT2D eigenvalue weighted by molar-refractivity contribution is 5.95. The highest BCUT2D eigenvalue weighted by Gasteiger charge is 2.25. The van der Waals surface area contributed by atoms with Gasteiger partial charge in [-0.2, -0.15) is 5.10 Å². The van der Waals surface area contributed by atoms with Crippen molar-refractivity contribution in [1.29, 1.82) is 0 Å². The number of methoxy groups -OCH3 is 1. The van der Waals surface area contributed by atoms with E-state index in [-0.39, 0.29) is 5.69 Å². The molecule has 0 saturated heterocycles. The molecule has 25 heavy (non-hydrogen) atoms. The molecule has 134 valence electrons. The lowest BCUT2D eigenvalue weighted by molar-refractivity contribution is -0.140. The van der Waals surface area contributed by atoms with Crippen LogP contribution in [-0.4, -0.2) is 46.3 Å². The molecular weight excluding hydrogens is 336 g/mol. The number of aryl methyl sites for hydroxylation is 1. The van der Waals surface area contributed by atoms with Gasteiger partial charge in [0.1, 0.15) is 11.8 Å². The van der Waals surface area contributed by atoms with Gasteiger partial charge in [0.25, 0.3) is 5.91 Å². The summed E-state index contributed by atoms with van der Waals surface area (Å²) in [7, 11) is 1.54. The summed E-state index contributed by atoms with van der Waals surface area (Å²) in [5.74, 6) is -1.70. The van der Waals surface area contributed by atoms with E-state index in [0.29, 0.717) is 17.1 Å². The van der Waals surface area contributed by atoms with Crippen LogP contribution >= 0.6 is 0 Å². The minimum atomic E-state index is -2.85. The van der Waals surface area contributed by atoms with E-state index in [1.165, 1.54) is 17.9 Å². The number of carbonyl (C=O) groups excluding carboxylic acids is 1. The van der Waals surface area contributed by atoms with Crippen molar-refractivity contribution in [3.05, 3.63) is 41.7 Å². The van der Waals surface area contributed by atoms with Crippen LogP contribution in [-0.2, 0) is 4.79 Å². The Hall–Kier alpha value is -2.97. The Balaban J connectivity index is 2.19. The van der Waals surface area contributed by atoms with E-state index in [1.807, 2.05) is 0 Å². The zero-order valence-corrected chi connectivity index (χ0v) is 13.6. The van der Waals surface area contributed by atoms with E-state index < -0.39 is 30.8 Å². The van der Waals surface area contributed by atoms with Crippen molar-refractivity contribution in [2.45, 2.75) is 25.8 Å².